The number of aliphatic hydroxyl groups is 1. The summed E-state index contributed by atoms with van der Waals surface area (Å²) in [4.78, 5) is 0. The lowest BCUT2D eigenvalue weighted by Crippen LogP contribution is -2.45. The molecule has 5 atom stereocenters. The van der Waals surface area contributed by atoms with Crippen LogP contribution in [0, 0.1) is 23.7 Å². The Balaban J connectivity index is 1.66. The van der Waals surface area contributed by atoms with Gasteiger partial charge in [0.1, 0.15) is 0 Å². The highest BCUT2D eigenvalue weighted by atomic mass is 16.5. The van der Waals surface area contributed by atoms with Crippen LogP contribution in [-0.2, 0) is 4.74 Å². The summed E-state index contributed by atoms with van der Waals surface area (Å²) in [6, 6.07) is 0. The van der Waals surface area contributed by atoms with Gasteiger partial charge in [-0.3, -0.25) is 0 Å². The number of fused-ring (bicyclic) bond motifs is 5. The van der Waals surface area contributed by atoms with Gasteiger partial charge in [0, 0.05) is 6.61 Å². The van der Waals surface area contributed by atoms with Crippen LogP contribution >= 0.6 is 0 Å². The van der Waals surface area contributed by atoms with Crippen molar-refractivity contribution in [1.29, 1.82) is 0 Å². The highest BCUT2D eigenvalue weighted by Gasteiger charge is 2.60. The average molecular weight is 224 g/mol. The van der Waals surface area contributed by atoms with E-state index < -0.39 is 5.60 Å². The van der Waals surface area contributed by atoms with Crippen LogP contribution in [0.1, 0.15) is 45.4 Å². The van der Waals surface area contributed by atoms with Crippen LogP contribution in [-0.4, -0.2) is 23.9 Å². The monoisotopic (exact) mass is 224 g/mol. The van der Waals surface area contributed by atoms with Gasteiger partial charge in [-0.25, -0.2) is 0 Å². The predicted molar refractivity (Wildman–Crippen MR) is 63.1 cm³/mol. The van der Waals surface area contributed by atoms with Crippen molar-refractivity contribution in [1.82, 2.24) is 0 Å². The summed E-state index contributed by atoms with van der Waals surface area (Å²) < 4.78 is 5.62. The first kappa shape index (κ1) is 11.0. The van der Waals surface area contributed by atoms with E-state index in [0.717, 1.165) is 37.2 Å². The van der Waals surface area contributed by atoms with Gasteiger partial charge < -0.3 is 9.84 Å². The molecule has 92 valence electrons. The fraction of sp³-hybridized carbons (Fsp3) is 1.00. The molecule has 3 fully saturated rings. The summed E-state index contributed by atoms with van der Waals surface area (Å²) in [5.74, 6) is 3.15. The number of ether oxygens (including phenoxy) is 1. The second kappa shape index (κ2) is 3.99. The molecule has 3 aliphatic carbocycles. The van der Waals surface area contributed by atoms with Crippen LogP contribution < -0.4 is 0 Å². The Morgan fingerprint density at radius 2 is 2.12 bits per heavy atom. The summed E-state index contributed by atoms with van der Waals surface area (Å²) in [7, 11) is 0. The zero-order valence-corrected chi connectivity index (χ0v) is 10.3. The maximum atomic E-state index is 10.7. The van der Waals surface area contributed by atoms with Crippen molar-refractivity contribution in [2.45, 2.75) is 51.0 Å². The second-order valence-corrected chi connectivity index (χ2v) is 6.22. The summed E-state index contributed by atoms with van der Waals surface area (Å²) in [6.45, 7) is 3.51. The third-order valence-electron chi connectivity index (χ3n) is 5.31. The van der Waals surface area contributed by atoms with E-state index in [0.29, 0.717) is 12.5 Å². The van der Waals surface area contributed by atoms with E-state index in [9.17, 15) is 5.11 Å². The van der Waals surface area contributed by atoms with Crippen molar-refractivity contribution >= 4 is 0 Å². The molecule has 0 aliphatic heterocycles. The molecule has 0 spiro atoms. The van der Waals surface area contributed by atoms with Crippen molar-refractivity contribution < 1.29 is 9.84 Å². The quantitative estimate of drug-likeness (QED) is 0.744. The Morgan fingerprint density at radius 1 is 1.31 bits per heavy atom. The molecule has 16 heavy (non-hydrogen) atoms. The first-order valence-corrected chi connectivity index (χ1v) is 7.05. The lowest BCUT2D eigenvalue weighted by molar-refractivity contribution is -0.101. The predicted octanol–water partition coefficient (Wildman–Crippen LogP) is 2.60. The zero-order valence-electron chi connectivity index (χ0n) is 10.3. The van der Waals surface area contributed by atoms with Gasteiger partial charge in [-0.05, 0) is 55.8 Å². The molecule has 3 rings (SSSR count). The zero-order chi connectivity index (χ0) is 11.2. The summed E-state index contributed by atoms with van der Waals surface area (Å²) in [5.41, 5.74) is -0.467. The van der Waals surface area contributed by atoms with Crippen LogP contribution in [0.15, 0.2) is 0 Å². The van der Waals surface area contributed by atoms with E-state index in [4.69, 9.17) is 4.74 Å². The Kier molecular flexibility index (Phi) is 2.75. The molecule has 0 amide bonds. The molecule has 2 nitrogen and oxygen atoms in total. The van der Waals surface area contributed by atoms with Crippen molar-refractivity contribution in [2.24, 2.45) is 23.7 Å². The third kappa shape index (κ3) is 1.53. The normalized spacial score (nSPS) is 49.9. The van der Waals surface area contributed by atoms with Crippen LogP contribution in [0.25, 0.3) is 0 Å². The second-order valence-electron chi connectivity index (χ2n) is 6.22. The molecular formula is C14H24O2. The maximum absolute atomic E-state index is 10.7. The maximum Gasteiger partial charge on any atom is 0.0913 e. The molecule has 0 aromatic carbocycles. The van der Waals surface area contributed by atoms with E-state index in [-0.39, 0.29) is 0 Å². The van der Waals surface area contributed by atoms with Crippen molar-refractivity contribution in [3.63, 3.8) is 0 Å². The molecule has 0 aromatic heterocycles. The molecule has 5 unspecified atom stereocenters. The van der Waals surface area contributed by atoms with Gasteiger partial charge in [0.25, 0.3) is 0 Å². The molecule has 0 heterocycles. The lowest BCUT2D eigenvalue weighted by atomic mass is 9.73. The molecule has 0 radical (unpaired) electrons. The minimum Gasteiger partial charge on any atom is -0.387 e. The van der Waals surface area contributed by atoms with Gasteiger partial charge in [0.15, 0.2) is 0 Å². The van der Waals surface area contributed by atoms with E-state index in [2.05, 4.69) is 6.92 Å². The van der Waals surface area contributed by atoms with Crippen LogP contribution in [0.5, 0.6) is 0 Å². The molecule has 2 bridgehead atoms. The molecule has 3 saturated carbocycles. The highest BCUT2D eigenvalue weighted by molar-refractivity contribution is 5.10. The number of hydrogen-bond donors (Lipinski definition) is 1. The van der Waals surface area contributed by atoms with E-state index in [1.165, 1.54) is 25.7 Å². The van der Waals surface area contributed by atoms with Crippen molar-refractivity contribution in [3.8, 4) is 0 Å². The van der Waals surface area contributed by atoms with Gasteiger partial charge in [0.2, 0.25) is 0 Å². The summed E-state index contributed by atoms with van der Waals surface area (Å²) in [6.07, 6.45) is 7.54. The minimum absolute atomic E-state index is 0.467. The van der Waals surface area contributed by atoms with Gasteiger partial charge in [0.05, 0.1) is 12.2 Å². The third-order valence-corrected chi connectivity index (χ3v) is 5.31. The first-order valence-electron chi connectivity index (χ1n) is 7.05. The molecule has 0 saturated heterocycles. The largest absolute Gasteiger partial charge is 0.387 e. The van der Waals surface area contributed by atoms with Crippen LogP contribution in [0.3, 0.4) is 0 Å². The molecule has 1 N–H and O–H groups in total. The van der Waals surface area contributed by atoms with E-state index in [1.54, 1.807) is 0 Å². The molecule has 2 heteroatoms. The number of hydrogen-bond acceptors (Lipinski definition) is 2. The highest BCUT2D eigenvalue weighted by Crippen LogP contribution is 2.62. The van der Waals surface area contributed by atoms with Gasteiger partial charge in [-0.1, -0.05) is 13.3 Å². The Bertz CT molecular complexity index is 265. The van der Waals surface area contributed by atoms with Crippen LogP contribution in [0.4, 0.5) is 0 Å². The fourth-order valence-corrected chi connectivity index (χ4v) is 4.80. The van der Waals surface area contributed by atoms with Gasteiger partial charge >= 0.3 is 0 Å². The van der Waals surface area contributed by atoms with Gasteiger partial charge in [-0.15, -0.1) is 0 Å². The lowest BCUT2D eigenvalue weighted by Gasteiger charge is -2.38. The Hall–Kier alpha value is -0.0800. The Morgan fingerprint density at radius 3 is 2.94 bits per heavy atom. The summed E-state index contributed by atoms with van der Waals surface area (Å²) in [5, 5.41) is 10.7. The average Bonchev–Trinajstić information content (AvgIpc) is 2.87. The standard InChI is InChI=1S/C14H24O2/c1-2-6-16-9-14(15)8-10-7-13(14)12-5-3-4-11(10)12/h10-13,15H,2-9H2,1H3. The summed E-state index contributed by atoms with van der Waals surface area (Å²) >= 11 is 0. The van der Waals surface area contributed by atoms with Gasteiger partial charge in [-0.2, -0.15) is 0 Å². The molecule has 0 aromatic rings. The SMILES string of the molecule is CCCOCC1(O)CC2CC1C1CCCC21. The minimum atomic E-state index is -0.467. The smallest absolute Gasteiger partial charge is 0.0913 e. The topological polar surface area (TPSA) is 29.5 Å². The van der Waals surface area contributed by atoms with Crippen molar-refractivity contribution in [3.05, 3.63) is 0 Å². The van der Waals surface area contributed by atoms with E-state index in [1.807, 2.05) is 0 Å². The molecular weight excluding hydrogens is 200 g/mol. The van der Waals surface area contributed by atoms with Crippen molar-refractivity contribution in [2.75, 3.05) is 13.2 Å². The fourth-order valence-electron chi connectivity index (χ4n) is 4.80. The van der Waals surface area contributed by atoms with E-state index >= 15 is 0 Å². The molecule has 3 aliphatic rings. The van der Waals surface area contributed by atoms with Crippen LogP contribution in [0.2, 0.25) is 0 Å². The first-order chi connectivity index (χ1) is 7.74. The number of rotatable bonds is 4. The Labute approximate surface area is 98.4 Å².